The van der Waals surface area contributed by atoms with Gasteiger partial charge in [-0.1, -0.05) is 42.8 Å². The van der Waals surface area contributed by atoms with Crippen LogP contribution in [-0.2, 0) is 26.5 Å². The van der Waals surface area contributed by atoms with E-state index in [1.807, 2.05) is 19.1 Å². The molecule has 2 heterocycles. The molecule has 2 aromatic rings. The lowest BCUT2D eigenvalue weighted by molar-refractivity contribution is -0.148. The highest BCUT2D eigenvalue weighted by molar-refractivity contribution is 7.92. The fourth-order valence-corrected chi connectivity index (χ4v) is 10.4. The summed E-state index contributed by atoms with van der Waals surface area (Å²) >= 11 is 0. The van der Waals surface area contributed by atoms with Crippen molar-refractivity contribution in [2.45, 2.75) is 82.5 Å². The van der Waals surface area contributed by atoms with Gasteiger partial charge in [-0.05, 0) is 98.9 Å². The van der Waals surface area contributed by atoms with Gasteiger partial charge in [-0.3, -0.25) is 9.52 Å². The number of fused-ring (bicyclic) bond motifs is 4. The zero-order valence-electron chi connectivity index (χ0n) is 29.3. The molecule has 2 fully saturated rings. The maximum atomic E-state index is 14.3. The van der Waals surface area contributed by atoms with Gasteiger partial charge in [-0.15, -0.1) is 4.36 Å². The molecule has 276 valence electrons. The molecule has 3 amide bonds. The number of rotatable bonds is 3. The van der Waals surface area contributed by atoms with E-state index in [-0.39, 0.29) is 41.1 Å². The standard InChI is InChI=1S/C38H47F3N4O5S/c1-23-9-13-29-25(16-23)7-5-15-37(29)21-45-19-27-10-12-28(27)33(49-3)8-4-6-24(2)20-51(48,44-36(47)42-31-18-30(31)38(39,40)41)43-35(46)26-11-14-34(50-22-37)32(45)17-26/h4,8-9,11,13-14,16-17,24,27-28,30-31,33H,5-7,10,12,15,18-22H2,1-3H3,(H2,42,43,44,46,47,48)/b8-4+/t24-,27-,28+,30-,31-,33-,37-,51?/m0/s1. The fourth-order valence-electron chi connectivity index (χ4n) is 8.59. The van der Waals surface area contributed by atoms with E-state index in [1.54, 1.807) is 25.3 Å². The van der Waals surface area contributed by atoms with Crippen molar-refractivity contribution in [1.29, 1.82) is 0 Å². The van der Waals surface area contributed by atoms with Crippen molar-refractivity contribution in [1.82, 2.24) is 10.0 Å². The molecular weight excluding hydrogens is 682 g/mol. The molecular formula is C38H47F3N4O5S. The SMILES string of the molecule is CO[C@H]1/C=C/C[C@H](C)CS(=O)(NC(=O)N[C@H]2C[C@@H]2C(F)(F)F)=NC(=O)c2ccc3c(c2)N(C[C@@H]2CC[C@H]21)C[C@@]1(CCCc2cc(C)ccc21)CO3. The summed E-state index contributed by atoms with van der Waals surface area (Å²) in [5.41, 5.74) is 4.57. The van der Waals surface area contributed by atoms with Crippen LogP contribution in [0.3, 0.4) is 0 Å². The Labute approximate surface area is 298 Å². The van der Waals surface area contributed by atoms with Crippen LogP contribution in [0, 0.1) is 30.6 Å². The second-order valence-corrected chi connectivity index (χ2v) is 17.4. The fraction of sp³-hybridized carbons (Fsp3) is 0.579. The Balaban J connectivity index is 1.25. The number of carbonyl (C=O) groups excluding carboxylic acids is 2. The van der Waals surface area contributed by atoms with E-state index in [0.29, 0.717) is 31.2 Å². The van der Waals surface area contributed by atoms with Gasteiger partial charge >= 0.3 is 12.2 Å². The maximum Gasteiger partial charge on any atom is 0.393 e. The van der Waals surface area contributed by atoms with Crippen LogP contribution >= 0.6 is 0 Å². The van der Waals surface area contributed by atoms with Gasteiger partial charge < -0.3 is 19.7 Å². The quantitative estimate of drug-likeness (QED) is 0.334. The minimum absolute atomic E-state index is 0.120. The van der Waals surface area contributed by atoms with Crippen molar-refractivity contribution < 1.29 is 36.4 Å². The second-order valence-electron chi connectivity index (χ2n) is 15.4. The predicted molar refractivity (Wildman–Crippen MR) is 189 cm³/mol. The first-order chi connectivity index (χ1) is 24.3. The largest absolute Gasteiger partial charge is 0.490 e. The smallest absolute Gasteiger partial charge is 0.393 e. The highest BCUT2D eigenvalue weighted by Gasteiger charge is 2.56. The first kappa shape index (κ1) is 35.8. The number of benzene rings is 2. The number of methoxy groups -OCH3 is 1. The molecule has 1 unspecified atom stereocenters. The number of nitrogens with one attached hydrogen (secondary N) is 2. The third kappa shape index (κ3) is 7.51. The molecule has 2 bridgehead atoms. The Morgan fingerprint density at radius 1 is 1.18 bits per heavy atom. The molecule has 51 heavy (non-hydrogen) atoms. The number of amides is 3. The lowest BCUT2D eigenvalue weighted by Crippen LogP contribution is -2.49. The molecule has 1 spiro atoms. The summed E-state index contributed by atoms with van der Waals surface area (Å²) in [7, 11) is -2.03. The molecule has 3 aliphatic carbocycles. The number of aryl methyl sites for hydroxylation is 2. The average Bonchev–Trinajstić information content (AvgIpc) is 3.85. The number of anilines is 1. The van der Waals surface area contributed by atoms with Crippen LogP contribution in [-0.4, -0.2) is 67.0 Å². The van der Waals surface area contributed by atoms with Crippen molar-refractivity contribution in [3.8, 4) is 5.75 Å². The zero-order chi connectivity index (χ0) is 36.1. The summed E-state index contributed by atoms with van der Waals surface area (Å²) in [5.74, 6) is -1.60. The molecule has 0 aromatic heterocycles. The van der Waals surface area contributed by atoms with Gasteiger partial charge in [0.15, 0.2) is 0 Å². The number of nitrogens with zero attached hydrogens (tertiary/aromatic N) is 2. The van der Waals surface area contributed by atoms with Crippen LogP contribution in [0.25, 0.3) is 0 Å². The van der Waals surface area contributed by atoms with E-state index >= 15 is 0 Å². The first-order valence-corrected chi connectivity index (χ1v) is 19.7. The molecule has 7 rings (SSSR count). The summed E-state index contributed by atoms with van der Waals surface area (Å²) in [6.45, 7) is 5.87. The number of carbonyl (C=O) groups is 2. The Kier molecular flexibility index (Phi) is 9.66. The third-order valence-electron chi connectivity index (χ3n) is 11.5. The normalized spacial score (nSPS) is 34.1. The van der Waals surface area contributed by atoms with Crippen LogP contribution in [0.2, 0.25) is 0 Å². The summed E-state index contributed by atoms with van der Waals surface area (Å²) in [4.78, 5) is 29.1. The van der Waals surface area contributed by atoms with E-state index in [9.17, 15) is 27.0 Å². The maximum absolute atomic E-state index is 14.3. The Hall–Kier alpha value is -3.58. The highest BCUT2D eigenvalue weighted by Crippen LogP contribution is 2.47. The van der Waals surface area contributed by atoms with Gasteiger partial charge in [0.2, 0.25) is 0 Å². The lowest BCUT2D eigenvalue weighted by atomic mass is 9.68. The van der Waals surface area contributed by atoms with Crippen LogP contribution < -0.4 is 19.7 Å². The topological polar surface area (TPSA) is 109 Å². The van der Waals surface area contributed by atoms with Gasteiger partial charge in [-0.25, -0.2) is 9.00 Å². The van der Waals surface area contributed by atoms with Crippen molar-refractivity contribution in [2.24, 2.45) is 28.0 Å². The second kappa shape index (κ2) is 13.8. The molecule has 0 radical (unpaired) electrons. The lowest BCUT2D eigenvalue weighted by Gasteiger charge is -2.46. The molecule has 13 heteroatoms. The van der Waals surface area contributed by atoms with Crippen LogP contribution in [0.4, 0.5) is 23.7 Å². The molecule has 9 nitrogen and oxygen atoms in total. The molecule has 2 aliphatic heterocycles. The number of allylic oxidation sites excluding steroid dienone is 1. The number of halogens is 3. The molecule has 2 N–H and O–H groups in total. The summed E-state index contributed by atoms with van der Waals surface area (Å²) < 4.78 is 72.7. The zero-order valence-corrected chi connectivity index (χ0v) is 30.2. The molecule has 8 atom stereocenters. The van der Waals surface area contributed by atoms with Crippen molar-refractivity contribution >= 4 is 27.5 Å². The van der Waals surface area contributed by atoms with Crippen molar-refractivity contribution in [3.63, 3.8) is 0 Å². The third-order valence-corrected chi connectivity index (χ3v) is 13.5. The van der Waals surface area contributed by atoms with Crippen LogP contribution in [0.15, 0.2) is 52.9 Å². The van der Waals surface area contributed by atoms with Crippen molar-refractivity contribution in [2.75, 3.05) is 37.5 Å². The monoisotopic (exact) mass is 728 g/mol. The Morgan fingerprint density at radius 3 is 2.73 bits per heavy atom. The minimum atomic E-state index is -4.44. The van der Waals surface area contributed by atoms with E-state index in [4.69, 9.17) is 9.47 Å². The van der Waals surface area contributed by atoms with Gasteiger partial charge in [-0.2, -0.15) is 13.2 Å². The first-order valence-electron chi connectivity index (χ1n) is 18.0. The van der Waals surface area contributed by atoms with Crippen molar-refractivity contribution in [3.05, 3.63) is 70.8 Å². The van der Waals surface area contributed by atoms with Gasteiger partial charge in [0, 0.05) is 37.2 Å². The number of ether oxygens (including phenoxy) is 2. The van der Waals surface area contributed by atoms with Crippen LogP contribution in [0.5, 0.6) is 5.75 Å². The number of alkyl halides is 3. The van der Waals surface area contributed by atoms with E-state index in [0.717, 1.165) is 44.3 Å². The molecule has 2 aromatic carbocycles. The van der Waals surface area contributed by atoms with E-state index in [2.05, 4.69) is 44.4 Å². The average molecular weight is 729 g/mol. The van der Waals surface area contributed by atoms with E-state index < -0.39 is 40.0 Å². The van der Waals surface area contributed by atoms with E-state index in [1.165, 1.54) is 16.7 Å². The van der Waals surface area contributed by atoms with Gasteiger partial charge in [0.25, 0.3) is 5.91 Å². The highest BCUT2D eigenvalue weighted by atomic mass is 32.2. The number of hydrogen-bond acceptors (Lipinski definition) is 6. The van der Waals surface area contributed by atoms with Crippen LogP contribution in [0.1, 0.15) is 72.5 Å². The predicted octanol–water partition coefficient (Wildman–Crippen LogP) is 6.88. The Morgan fingerprint density at radius 2 is 2.00 bits per heavy atom. The van der Waals surface area contributed by atoms with Gasteiger partial charge in [0.05, 0.1) is 30.1 Å². The summed E-state index contributed by atoms with van der Waals surface area (Å²) in [6, 6.07) is 9.64. The molecule has 0 saturated heterocycles. The Bertz CT molecular complexity index is 1840. The van der Waals surface area contributed by atoms with Gasteiger partial charge in [0.1, 0.15) is 15.7 Å². The number of urea groups is 1. The summed E-state index contributed by atoms with van der Waals surface area (Å²) in [5, 5.41) is 2.27. The summed E-state index contributed by atoms with van der Waals surface area (Å²) in [6.07, 6.45) is 4.80. The minimum Gasteiger partial charge on any atom is -0.490 e. The molecule has 2 saturated carbocycles. The molecule has 5 aliphatic rings. The number of hydrogen-bond donors (Lipinski definition) is 2.